The van der Waals surface area contributed by atoms with Crippen molar-refractivity contribution in [3.63, 3.8) is 0 Å². The van der Waals surface area contributed by atoms with Crippen molar-refractivity contribution in [3.05, 3.63) is 0 Å². The summed E-state index contributed by atoms with van der Waals surface area (Å²) in [7, 11) is 2.11. The van der Waals surface area contributed by atoms with Crippen molar-refractivity contribution in [2.75, 3.05) is 39.8 Å². The summed E-state index contributed by atoms with van der Waals surface area (Å²) in [4.78, 5) is 15.9. The van der Waals surface area contributed by atoms with E-state index in [1.165, 1.54) is 12.8 Å². The largest absolute Gasteiger partial charge is 0.342 e. The molecule has 4 nitrogen and oxygen atoms in total. The van der Waals surface area contributed by atoms with Gasteiger partial charge in [-0.05, 0) is 33.7 Å². The van der Waals surface area contributed by atoms with E-state index in [0.717, 1.165) is 26.2 Å². The van der Waals surface area contributed by atoms with Crippen LogP contribution in [0, 0.1) is 0 Å². The molecule has 0 spiro atoms. The van der Waals surface area contributed by atoms with Crippen molar-refractivity contribution in [1.29, 1.82) is 0 Å². The molecule has 1 aliphatic rings. The van der Waals surface area contributed by atoms with Gasteiger partial charge in [0.2, 0.25) is 5.91 Å². The first-order valence-electron chi connectivity index (χ1n) is 6.30. The first-order valence-corrected chi connectivity index (χ1v) is 6.30. The molecular formula is C12H25N3O. The summed E-state index contributed by atoms with van der Waals surface area (Å²) in [6.45, 7) is 8.62. The molecule has 0 aromatic carbocycles. The number of carbonyl (C=O) groups is 1. The van der Waals surface area contributed by atoms with E-state index in [2.05, 4.69) is 31.1 Å². The molecule has 0 aromatic heterocycles. The molecule has 0 aromatic rings. The molecule has 94 valence electrons. The third kappa shape index (κ3) is 4.49. The molecule has 1 aliphatic heterocycles. The molecule has 0 saturated carbocycles. The van der Waals surface area contributed by atoms with E-state index in [4.69, 9.17) is 0 Å². The van der Waals surface area contributed by atoms with E-state index in [-0.39, 0.29) is 5.91 Å². The van der Waals surface area contributed by atoms with E-state index in [1.54, 1.807) is 0 Å². The normalized spacial score (nSPS) is 16.4. The van der Waals surface area contributed by atoms with Crippen LogP contribution in [0.5, 0.6) is 0 Å². The molecule has 0 radical (unpaired) electrons. The van der Waals surface area contributed by atoms with Crippen molar-refractivity contribution in [3.8, 4) is 0 Å². The molecule has 0 aliphatic carbocycles. The van der Waals surface area contributed by atoms with Crippen molar-refractivity contribution < 1.29 is 4.79 Å². The summed E-state index contributed by atoms with van der Waals surface area (Å²) >= 11 is 0. The standard InChI is InChI=1S/C12H25N3O/c1-11(2)14(3)9-6-13-10-12(16)15-7-4-5-8-15/h11,13H,4-10H2,1-3H3. The Balaban J connectivity index is 2.04. The zero-order valence-electron chi connectivity index (χ0n) is 10.8. The molecule has 1 saturated heterocycles. The fraction of sp³-hybridized carbons (Fsp3) is 0.917. The van der Waals surface area contributed by atoms with Crippen molar-refractivity contribution in [2.45, 2.75) is 32.7 Å². The number of likely N-dealkylation sites (tertiary alicyclic amines) is 1. The van der Waals surface area contributed by atoms with Gasteiger partial charge in [0.15, 0.2) is 0 Å². The Morgan fingerprint density at radius 1 is 1.38 bits per heavy atom. The van der Waals surface area contributed by atoms with Gasteiger partial charge in [0.25, 0.3) is 0 Å². The molecule has 0 unspecified atom stereocenters. The quantitative estimate of drug-likeness (QED) is 0.673. The number of nitrogens with zero attached hydrogens (tertiary/aromatic N) is 2. The minimum atomic E-state index is 0.254. The smallest absolute Gasteiger partial charge is 0.236 e. The number of rotatable bonds is 6. The fourth-order valence-corrected chi connectivity index (χ4v) is 1.79. The summed E-state index contributed by atoms with van der Waals surface area (Å²) in [5.41, 5.74) is 0. The highest BCUT2D eigenvalue weighted by atomic mass is 16.2. The predicted molar refractivity (Wildman–Crippen MR) is 66.4 cm³/mol. The first kappa shape index (κ1) is 13.5. The molecule has 1 N–H and O–H groups in total. The molecule has 4 heteroatoms. The maximum atomic E-state index is 11.7. The van der Waals surface area contributed by atoms with E-state index < -0.39 is 0 Å². The van der Waals surface area contributed by atoms with E-state index >= 15 is 0 Å². The Labute approximate surface area is 99.0 Å². The lowest BCUT2D eigenvalue weighted by atomic mass is 10.3. The van der Waals surface area contributed by atoms with Crippen molar-refractivity contribution in [1.82, 2.24) is 15.1 Å². The molecule has 1 fully saturated rings. The van der Waals surface area contributed by atoms with Crippen LogP contribution in [0.25, 0.3) is 0 Å². The highest BCUT2D eigenvalue weighted by Gasteiger charge is 2.16. The Hall–Kier alpha value is -0.610. The van der Waals surface area contributed by atoms with Crippen LogP contribution >= 0.6 is 0 Å². The molecule has 0 bridgehead atoms. The van der Waals surface area contributed by atoms with Gasteiger partial charge in [-0.1, -0.05) is 0 Å². The highest BCUT2D eigenvalue weighted by molar-refractivity contribution is 5.78. The van der Waals surface area contributed by atoms with Crippen LogP contribution in [-0.2, 0) is 4.79 Å². The van der Waals surface area contributed by atoms with Gasteiger partial charge in [0, 0.05) is 32.2 Å². The molecule has 1 amide bonds. The molecule has 0 atom stereocenters. The van der Waals surface area contributed by atoms with Crippen molar-refractivity contribution >= 4 is 5.91 Å². The number of likely N-dealkylation sites (N-methyl/N-ethyl adjacent to an activating group) is 1. The van der Waals surface area contributed by atoms with Crippen LogP contribution < -0.4 is 5.32 Å². The minimum absolute atomic E-state index is 0.254. The Kier molecular flexibility index (Phi) is 5.77. The van der Waals surface area contributed by atoms with Crippen LogP contribution in [0.15, 0.2) is 0 Å². The fourth-order valence-electron chi connectivity index (χ4n) is 1.79. The number of nitrogens with one attached hydrogen (secondary N) is 1. The van der Waals surface area contributed by atoms with Crippen LogP contribution in [-0.4, -0.2) is 61.5 Å². The van der Waals surface area contributed by atoms with Crippen LogP contribution in [0.4, 0.5) is 0 Å². The maximum Gasteiger partial charge on any atom is 0.236 e. The van der Waals surface area contributed by atoms with Gasteiger partial charge in [-0.15, -0.1) is 0 Å². The zero-order chi connectivity index (χ0) is 12.0. The summed E-state index contributed by atoms with van der Waals surface area (Å²) in [6, 6.07) is 0.566. The Morgan fingerprint density at radius 3 is 2.56 bits per heavy atom. The average Bonchev–Trinajstić information content (AvgIpc) is 2.76. The number of carbonyl (C=O) groups excluding carboxylic acids is 1. The van der Waals surface area contributed by atoms with Gasteiger partial charge in [-0.3, -0.25) is 4.79 Å². The summed E-state index contributed by atoms with van der Waals surface area (Å²) in [5.74, 6) is 0.254. The lowest BCUT2D eigenvalue weighted by Crippen LogP contribution is -2.39. The van der Waals surface area contributed by atoms with Crippen LogP contribution in [0.1, 0.15) is 26.7 Å². The predicted octanol–water partition coefficient (Wildman–Crippen LogP) is 0.539. The number of amides is 1. The van der Waals surface area contributed by atoms with E-state index in [0.29, 0.717) is 12.6 Å². The number of hydrogen-bond donors (Lipinski definition) is 1. The van der Waals surface area contributed by atoms with Crippen molar-refractivity contribution in [2.24, 2.45) is 0 Å². The number of hydrogen-bond acceptors (Lipinski definition) is 3. The van der Waals surface area contributed by atoms with E-state index in [1.807, 2.05) is 4.90 Å². The molecule has 1 heterocycles. The second-order valence-corrected chi connectivity index (χ2v) is 4.84. The Bertz CT molecular complexity index is 212. The van der Waals surface area contributed by atoms with Gasteiger partial charge in [0.1, 0.15) is 0 Å². The third-order valence-corrected chi connectivity index (χ3v) is 3.26. The van der Waals surface area contributed by atoms with Gasteiger partial charge in [0.05, 0.1) is 6.54 Å². The second kappa shape index (κ2) is 6.86. The summed E-state index contributed by atoms with van der Waals surface area (Å²) in [5, 5.41) is 3.21. The lowest BCUT2D eigenvalue weighted by Gasteiger charge is -2.21. The highest BCUT2D eigenvalue weighted by Crippen LogP contribution is 2.06. The van der Waals surface area contributed by atoms with E-state index in [9.17, 15) is 4.79 Å². The monoisotopic (exact) mass is 227 g/mol. The Morgan fingerprint density at radius 2 is 2.00 bits per heavy atom. The van der Waals surface area contributed by atoms with Crippen LogP contribution in [0.2, 0.25) is 0 Å². The first-order chi connectivity index (χ1) is 7.61. The molecular weight excluding hydrogens is 202 g/mol. The molecule has 1 rings (SSSR count). The van der Waals surface area contributed by atoms with Gasteiger partial charge in [-0.2, -0.15) is 0 Å². The average molecular weight is 227 g/mol. The van der Waals surface area contributed by atoms with Gasteiger partial charge >= 0.3 is 0 Å². The summed E-state index contributed by atoms with van der Waals surface area (Å²) < 4.78 is 0. The third-order valence-electron chi connectivity index (χ3n) is 3.26. The SMILES string of the molecule is CC(C)N(C)CCNCC(=O)N1CCCC1. The second-order valence-electron chi connectivity index (χ2n) is 4.84. The minimum Gasteiger partial charge on any atom is -0.342 e. The molecule has 16 heavy (non-hydrogen) atoms. The zero-order valence-corrected chi connectivity index (χ0v) is 10.8. The lowest BCUT2D eigenvalue weighted by molar-refractivity contribution is -0.129. The maximum absolute atomic E-state index is 11.7. The van der Waals surface area contributed by atoms with Gasteiger partial charge < -0.3 is 15.1 Å². The van der Waals surface area contributed by atoms with Gasteiger partial charge in [-0.25, -0.2) is 0 Å². The topological polar surface area (TPSA) is 35.6 Å². The summed E-state index contributed by atoms with van der Waals surface area (Å²) in [6.07, 6.45) is 2.34. The van der Waals surface area contributed by atoms with Crippen LogP contribution in [0.3, 0.4) is 0 Å².